The van der Waals surface area contributed by atoms with Crippen molar-refractivity contribution < 1.29 is 24.0 Å². The molecule has 348 valence electrons. The molecule has 1 unspecified atom stereocenters. The van der Waals surface area contributed by atoms with Crippen molar-refractivity contribution in [3.63, 3.8) is 0 Å². The number of fused-ring (bicyclic) bond motifs is 1. The molecule has 16 heteroatoms. The minimum absolute atomic E-state index is 0.0458. The van der Waals surface area contributed by atoms with Crippen LogP contribution in [0.15, 0.2) is 89.0 Å². The molecular formula is C50H62N10O5S. The van der Waals surface area contributed by atoms with Crippen molar-refractivity contribution >= 4 is 58.5 Å². The fraction of sp³-hybridized carbons (Fsp3) is 0.460. The van der Waals surface area contributed by atoms with Gasteiger partial charge in [-0.05, 0) is 105 Å². The van der Waals surface area contributed by atoms with Crippen LogP contribution in [0.5, 0.6) is 0 Å². The van der Waals surface area contributed by atoms with E-state index in [1.807, 2.05) is 73.1 Å². The van der Waals surface area contributed by atoms with E-state index in [9.17, 15) is 24.0 Å². The number of imide groups is 1. The van der Waals surface area contributed by atoms with Crippen LogP contribution < -0.4 is 31.5 Å². The summed E-state index contributed by atoms with van der Waals surface area (Å²) in [6.07, 6.45) is 13.2. The van der Waals surface area contributed by atoms with Crippen LogP contribution in [0.25, 0.3) is 0 Å². The Hall–Kier alpha value is -5.84. The standard InChI is InChI=1S/C50H62N10O5S/c1-50(51)20-23-59(24-21-50)43-32-53-46(33-52-43)66-40-10-8-9-38(30-40)55-44(61)11-6-4-2-3-5-7-22-57-25-27-58(28-26-57)39-15-13-36(14-16-39)47(63)54-31-35-12-17-41-37(29-35)34-60(49(41)65)42-18-19-45(62)56-48(42)64/h8-10,12-17,29-30,32-33,42H,2-7,11,18-28,31,34,51H2,1H3,(H,54,63)(H,55,61)(H,56,62,64). The molecule has 5 heterocycles. The first-order valence-electron chi connectivity index (χ1n) is 23.5. The Bertz CT molecular complexity index is 2360. The number of aromatic nitrogens is 2. The third-order valence-corrected chi connectivity index (χ3v) is 14.1. The number of carbonyl (C=O) groups is 5. The van der Waals surface area contributed by atoms with Gasteiger partial charge >= 0.3 is 0 Å². The highest BCUT2D eigenvalue weighted by atomic mass is 32.2. The molecule has 4 aliphatic rings. The molecule has 0 bridgehead atoms. The van der Waals surface area contributed by atoms with Crippen molar-refractivity contribution in [3.05, 3.63) is 101 Å². The fourth-order valence-electron chi connectivity index (χ4n) is 9.16. The van der Waals surface area contributed by atoms with Gasteiger partial charge in [-0.3, -0.25) is 34.2 Å². The summed E-state index contributed by atoms with van der Waals surface area (Å²) in [5.74, 6) is -0.203. The number of nitrogens with zero attached hydrogens (tertiary/aromatic N) is 6. The molecule has 5 amide bonds. The maximum atomic E-state index is 13.1. The Morgan fingerprint density at radius 2 is 1.61 bits per heavy atom. The van der Waals surface area contributed by atoms with Crippen LogP contribution in [0.3, 0.4) is 0 Å². The zero-order chi connectivity index (χ0) is 46.0. The van der Waals surface area contributed by atoms with Crippen LogP contribution >= 0.6 is 11.8 Å². The van der Waals surface area contributed by atoms with Gasteiger partial charge in [0.1, 0.15) is 16.9 Å². The highest BCUT2D eigenvalue weighted by Crippen LogP contribution is 2.31. The summed E-state index contributed by atoms with van der Waals surface area (Å²) in [7, 11) is 0. The second kappa shape index (κ2) is 21.6. The number of piperazine rings is 1. The zero-order valence-corrected chi connectivity index (χ0v) is 38.8. The van der Waals surface area contributed by atoms with Gasteiger partial charge in [0.15, 0.2) is 0 Å². The van der Waals surface area contributed by atoms with Crippen molar-refractivity contribution in [1.29, 1.82) is 0 Å². The summed E-state index contributed by atoms with van der Waals surface area (Å²) in [6.45, 7) is 9.47. The van der Waals surface area contributed by atoms with Gasteiger partial charge in [-0.1, -0.05) is 55.6 Å². The number of anilines is 3. The molecule has 15 nitrogen and oxygen atoms in total. The largest absolute Gasteiger partial charge is 0.369 e. The van der Waals surface area contributed by atoms with Crippen molar-refractivity contribution in [1.82, 2.24) is 30.4 Å². The number of hydrogen-bond acceptors (Lipinski definition) is 12. The summed E-state index contributed by atoms with van der Waals surface area (Å²) in [4.78, 5) is 81.7. The van der Waals surface area contributed by atoms with E-state index in [-0.39, 0.29) is 35.6 Å². The number of benzene rings is 3. The molecule has 0 spiro atoms. The molecule has 3 fully saturated rings. The van der Waals surface area contributed by atoms with Crippen molar-refractivity contribution in [2.45, 2.75) is 112 Å². The molecule has 3 saturated heterocycles. The summed E-state index contributed by atoms with van der Waals surface area (Å²) in [5, 5.41) is 9.21. The number of carbonyl (C=O) groups excluding carboxylic acids is 5. The molecule has 66 heavy (non-hydrogen) atoms. The number of piperidine rings is 2. The lowest BCUT2D eigenvalue weighted by atomic mass is 9.91. The third-order valence-electron chi connectivity index (χ3n) is 13.2. The van der Waals surface area contributed by atoms with Gasteiger partial charge < -0.3 is 31.1 Å². The van der Waals surface area contributed by atoms with Gasteiger partial charge in [0.25, 0.3) is 11.8 Å². The van der Waals surface area contributed by atoms with E-state index in [1.54, 1.807) is 6.07 Å². The molecule has 0 aliphatic carbocycles. The Balaban J connectivity index is 0.660. The average molecular weight is 915 g/mol. The monoisotopic (exact) mass is 914 g/mol. The van der Waals surface area contributed by atoms with Gasteiger partial charge in [-0.15, -0.1) is 0 Å². The van der Waals surface area contributed by atoms with Crippen LogP contribution in [-0.4, -0.2) is 107 Å². The average Bonchev–Trinajstić information content (AvgIpc) is 3.64. The SMILES string of the molecule is CC1(N)CCN(c2cnc(Sc3cccc(NC(=O)CCCCCCCCN4CCN(c5ccc(C(=O)NCc6ccc7c(c6)CN(C6CCC(=O)NC6=O)C7=O)cc5)CC4)c3)cn2)CC1. The molecule has 1 aromatic heterocycles. The highest BCUT2D eigenvalue weighted by Gasteiger charge is 2.39. The van der Waals surface area contributed by atoms with Crippen molar-refractivity contribution in [3.8, 4) is 0 Å². The summed E-state index contributed by atoms with van der Waals surface area (Å²) >= 11 is 1.53. The molecule has 4 aliphatic heterocycles. The van der Waals surface area contributed by atoms with Crippen LogP contribution in [0.2, 0.25) is 0 Å². The quantitative estimate of drug-likeness (QED) is 0.0663. The lowest BCUT2D eigenvalue weighted by molar-refractivity contribution is -0.137. The smallest absolute Gasteiger partial charge is 0.255 e. The van der Waals surface area contributed by atoms with E-state index in [0.717, 1.165) is 116 Å². The number of nitrogens with one attached hydrogen (secondary N) is 3. The van der Waals surface area contributed by atoms with E-state index < -0.39 is 11.9 Å². The fourth-order valence-corrected chi connectivity index (χ4v) is 9.94. The van der Waals surface area contributed by atoms with E-state index in [0.29, 0.717) is 37.1 Å². The molecule has 0 saturated carbocycles. The van der Waals surface area contributed by atoms with E-state index >= 15 is 0 Å². The number of rotatable bonds is 18. The Kier molecular flexibility index (Phi) is 15.3. The third kappa shape index (κ3) is 12.3. The Morgan fingerprint density at radius 3 is 2.35 bits per heavy atom. The van der Waals surface area contributed by atoms with Crippen molar-refractivity contribution in [2.24, 2.45) is 5.73 Å². The minimum atomic E-state index is -0.658. The molecule has 3 aromatic carbocycles. The molecule has 4 aromatic rings. The highest BCUT2D eigenvalue weighted by molar-refractivity contribution is 7.99. The van der Waals surface area contributed by atoms with Gasteiger partial charge in [0.05, 0.1) is 12.4 Å². The first-order chi connectivity index (χ1) is 32.0. The summed E-state index contributed by atoms with van der Waals surface area (Å²) in [5.41, 5.74) is 10.9. The van der Waals surface area contributed by atoms with Crippen LogP contribution in [0.1, 0.15) is 109 Å². The predicted octanol–water partition coefficient (Wildman–Crippen LogP) is 6.13. The minimum Gasteiger partial charge on any atom is -0.369 e. The topological polar surface area (TPSA) is 186 Å². The molecular weight excluding hydrogens is 853 g/mol. The lowest BCUT2D eigenvalue weighted by Crippen LogP contribution is -2.52. The molecule has 1 atom stereocenters. The summed E-state index contributed by atoms with van der Waals surface area (Å²) in [6, 6.07) is 20.5. The van der Waals surface area contributed by atoms with E-state index in [4.69, 9.17) is 5.73 Å². The van der Waals surface area contributed by atoms with Gasteiger partial charge in [-0.2, -0.15) is 0 Å². The summed E-state index contributed by atoms with van der Waals surface area (Å²) < 4.78 is 0. The number of unbranched alkanes of at least 4 members (excludes halogenated alkanes) is 5. The number of amides is 5. The molecule has 0 radical (unpaired) electrons. The maximum Gasteiger partial charge on any atom is 0.255 e. The Labute approximate surface area is 391 Å². The molecule has 8 rings (SSSR count). The normalized spacial score (nSPS) is 18.5. The number of hydrogen-bond donors (Lipinski definition) is 4. The first kappa shape index (κ1) is 46.7. The molecule has 5 N–H and O–H groups in total. The number of nitrogens with two attached hydrogens (primary N) is 1. The predicted molar refractivity (Wildman–Crippen MR) is 256 cm³/mol. The lowest BCUT2D eigenvalue weighted by Gasteiger charge is -2.37. The van der Waals surface area contributed by atoms with Gasteiger partial charge in [0, 0.05) is 98.1 Å². The van der Waals surface area contributed by atoms with E-state index in [1.165, 1.54) is 35.9 Å². The Morgan fingerprint density at radius 1 is 0.848 bits per heavy atom. The zero-order valence-electron chi connectivity index (χ0n) is 37.9. The first-order valence-corrected chi connectivity index (χ1v) is 24.3. The van der Waals surface area contributed by atoms with Gasteiger partial charge in [0.2, 0.25) is 17.7 Å². The maximum absolute atomic E-state index is 13.1. The van der Waals surface area contributed by atoms with Crippen LogP contribution in [0, 0.1) is 0 Å². The van der Waals surface area contributed by atoms with Crippen LogP contribution in [-0.2, 0) is 27.5 Å². The van der Waals surface area contributed by atoms with Gasteiger partial charge in [-0.25, -0.2) is 9.97 Å². The second-order valence-electron chi connectivity index (χ2n) is 18.4. The van der Waals surface area contributed by atoms with Crippen LogP contribution in [0.4, 0.5) is 17.2 Å². The van der Waals surface area contributed by atoms with E-state index in [2.05, 4.69) is 47.5 Å². The second-order valence-corrected chi connectivity index (χ2v) is 19.4. The van der Waals surface area contributed by atoms with Crippen molar-refractivity contribution in [2.75, 3.05) is 60.9 Å².